The van der Waals surface area contributed by atoms with Crippen LogP contribution in [0.3, 0.4) is 0 Å². The fourth-order valence-corrected chi connectivity index (χ4v) is 3.02. The van der Waals surface area contributed by atoms with E-state index in [1.165, 1.54) is 0 Å². The number of carbonyl (C=O) groups excluding carboxylic acids is 1. The molecule has 1 N–H and O–H groups in total. The zero-order chi connectivity index (χ0) is 20.3. The summed E-state index contributed by atoms with van der Waals surface area (Å²) in [6.45, 7) is 5.27. The molecule has 0 atom stereocenters. The van der Waals surface area contributed by atoms with Crippen molar-refractivity contribution in [3.8, 4) is 23.3 Å². The van der Waals surface area contributed by atoms with Crippen LogP contribution in [0.15, 0.2) is 42.5 Å². The second-order valence-corrected chi connectivity index (χ2v) is 6.61. The molecule has 0 saturated carbocycles. The molecule has 0 aromatic heterocycles. The van der Waals surface area contributed by atoms with Crippen LogP contribution in [0.4, 0.5) is 5.69 Å². The molecule has 6 nitrogen and oxygen atoms in total. The van der Waals surface area contributed by atoms with Crippen LogP contribution in [-0.4, -0.2) is 57.9 Å². The Balaban J connectivity index is 1.54. The monoisotopic (exact) mass is 394 g/mol. The molecule has 1 fully saturated rings. The fraction of sp³-hybridized carbons (Fsp3) is 0.348. The molecule has 0 radical (unpaired) electrons. The minimum atomic E-state index is 0.639. The number of nitrogens with one attached hydrogen (secondary N) is 1. The third-order valence-electron chi connectivity index (χ3n) is 4.61. The minimum absolute atomic E-state index is 0.639. The first-order chi connectivity index (χ1) is 14.3. The maximum Gasteiger partial charge on any atom is 0.211 e. The number of morpholine rings is 1. The molecule has 152 valence electrons. The second-order valence-electron chi connectivity index (χ2n) is 6.61. The van der Waals surface area contributed by atoms with Gasteiger partial charge >= 0.3 is 0 Å². The van der Waals surface area contributed by atoms with Gasteiger partial charge in [0.15, 0.2) is 11.5 Å². The number of rotatable bonds is 8. The van der Waals surface area contributed by atoms with Gasteiger partial charge < -0.3 is 19.5 Å². The summed E-state index contributed by atoms with van der Waals surface area (Å²) in [5.41, 5.74) is 2.45. The first kappa shape index (κ1) is 20.7. The average molecular weight is 394 g/mol. The van der Waals surface area contributed by atoms with Crippen LogP contribution in [0.2, 0.25) is 0 Å². The summed E-state index contributed by atoms with van der Waals surface area (Å²) < 4.78 is 16.7. The summed E-state index contributed by atoms with van der Waals surface area (Å²) in [5, 5.41) is 2.60. The van der Waals surface area contributed by atoms with Gasteiger partial charge in [0.25, 0.3) is 0 Å². The molecule has 1 aliphatic heterocycles. The van der Waals surface area contributed by atoms with Gasteiger partial charge in [-0.3, -0.25) is 9.69 Å². The lowest BCUT2D eigenvalue weighted by Gasteiger charge is -2.26. The van der Waals surface area contributed by atoms with Crippen LogP contribution in [-0.2, 0) is 9.53 Å². The smallest absolute Gasteiger partial charge is 0.211 e. The highest BCUT2D eigenvalue weighted by molar-refractivity contribution is 5.71. The third kappa shape index (κ3) is 6.53. The van der Waals surface area contributed by atoms with Crippen molar-refractivity contribution < 1.29 is 19.0 Å². The molecule has 1 heterocycles. The Hall–Kier alpha value is -3.01. The van der Waals surface area contributed by atoms with Crippen molar-refractivity contribution in [3.05, 3.63) is 53.6 Å². The van der Waals surface area contributed by atoms with E-state index in [0.717, 1.165) is 61.8 Å². The van der Waals surface area contributed by atoms with E-state index in [4.69, 9.17) is 14.2 Å². The van der Waals surface area contributed by atoms with Crippen molar-refractivity contribution in [2.45, 2.75) is 6.42 Å². The normalized spacial score (nSPS) is 13.8. The minimum Gasteiger partial charge on any atom is -0.493 e. The number of benzene rings is 2. The van der Waals surface area contributed by atoms with Gasteiger partial charge in [0.2, 0.25) is 6.41 Å². The summed E-state index contributed by atoms with van der Waals surface area (Å²) in [6, 6.07) is 13.1. The Morgan fingerprint density at radius 3 is 2.52 bits per heavy atom. The van der Waals surface area contributed by atoms with Crippen molar-refractivity contribution in [1.82, 2.24) is 4.90 Å². The molecule has 1 aliphatic rings. The van der Waals surface area contributed by atoms with E-state index in [1.54, 1.807) is 7.11 Å². The van der Waals surface area contributed by atoms with Crippen LogP contribution in [0.5, 0.6) is 11.5 Å². The van der Waals surface area contributed by atoms with Crippen LogP contribution in [0.1, 0.15) is 17.5 Å². The Morgan fingerprint density at radius 1 is 1.07 bits per heavy atom. The molecule has 0 bridgehead atoms. The van der Waals surface area contributed by atoms with Gasteiger partial charge in [-0.15, -0.1) is 0 Å². The number of hydrogen-bond donors (Lipinski definition) is 1. The Bertz CT molecular complexity index is 849. The van der Waals surface area contributed by atoms with Crippen LogP contribution >= 0.6 is 0 Å². The molecule has 0 spiro atoms. The van der Waals surface area contributed by atoms with Gasteiger partial charge in [-0.2, -0.15) is 0 Å². The standard InChI is InChI=1S/C23H26N2O4/c1-27-23-17-20(4-3-19-5-8-21(9-6-19)24-18-26)7-10-22(23)29-14-2-11-25-12-15-28-16-13-25/h5-10,17-18H,2,11-16H2,1H3,(H,24,26). The summed E-state index contributed by atoms with van der Waals surface area (Å²) in [4.78, 5) is 12.8. The van der Waals surface area contributed by atoms with E-state index in [0.29, 0.717) is 18.8 Å². The molecule has 1 saturated heterocycles. The quantitative estimate of drug-likeness (QED) is 0.424. The highest BCUT2D eigenvalue weighted by Crippen LogP contribution is 2.28. The molecule has 0 aliphatic carbocycles. The lowest BCUT2D eigenvalue weighted by atomic mass is 10.1. The molecule has 29 heavy (non-hydrogen) atoms. The molecule has 1 amide bonds. The predicted octanol–water partition coefficient (Wildman–Crippen LogP) is 2.76. The zero-order valence-electron chi connectivity index (χ0n) is 16.6. The van der Waals surface area contributed by atoms with E-state index in [-0.39, 0.29) is 0 Å². The van der Waals surface area contributed by atoms with Crippen LogP contribution in [0, 0.1) is 11.8 Å². The Kier molecular flexibility index (Phi) is 7.93. The summed E-state index contributed by atoms with van der Waals surface area (Å²) in [7, 11) is 1.63. The topological polar surface area (TPSA) is 60.0 Å². The number of hydrogen-bond acceptors (Lipinski definition) is 5. The SMILES string of the molecule is COc1cc(C#Cc2ccc(NC=O)cc2)ccc1OCCCN1CCOCC1. The molecule has 3 rings (SSSR count). The first-order valence-electron chi connectivity index (χ1n) is 9.71. The molecule has 2 aromatic rings. The van der Waals surface area contributed by atoms with Crippen LogP contribution < -0.4 is 14.8 Å². The first-order valence-corrected chi connectivity index (χ1v) is 9.71. The van der Waals surface area contributed by atoms with Crippen molar-refractivity contribution in [2.75, 3.05) is 51.9 Å². The summed E-state index contributed by atoms with van der Waals surface area (Å²) >= 11 is 0. The van der Waals surface area contributed by atoms with E-state index in [2.05, 4.69) is 22.1 Å². The maximum absolute atomic E-state index is 10.4. The predicted molar refractivity (Wildman–Crippen MR) is 112 cm³/mol. The Morgan fingerprint density at radius 2 is 1.79 bits per heavy atom. The third-order valence-corrected chi connectivity index (χ3v) is 4.61. The lowest BCUT2D eigenvalue weighted by Crippen LogP contribution is -2.37. The van der Waals surface area contributed by atoms with E-state index in [1.807, 2.05) is 42.5 Å². The molecular formula is C23H26N2O4. The van der Waals surface area contributed by atoms with Gasteiger partial charge in [0.05, 0.1) is 26.9 Å². The van der Waals surface area contributed by atoms with Crippen LogP contribution in [0.25, 0.3) is 0 Å². The number of ether oxygens (including phenoxy) is 3. The van der Waals surface area contributed by atoms with Crippen molar-refractivity contribution in [1.29, 1.82) is 0 Å². The number of methoxy groups -OCH3 is 1. The number of carbonyl (C=O) groups is 1. The van der Waals surface area contributed by atoms with Gasteiger partial charge in [-0.05, 0) is 48.9 Å². The van der Waals surface area contributed by atoms with Gasteiger partial charge in [-0.1, -0.05) is 11.8 Å². The van der Waals surface area contributed by atoms with Gasteiger partial charge in [-0.25, -0.2) is 0 Å². The van der Waals surface area contributed by atoms with E-state index in [9.17, 15) is 4.79 Å². The number of amides is 1. The van der Waals surface area contributed by atoms with Crippen molar-refractivity contribution in [2.24, 2.45) is 0 Å². The second kappa shape index (κ2) is 11.1. The fourth-order valence-electron chi connectivity index (χ4n) is 3.02. The molecule has 6 heteroatoms. The maximum atomic E-state index is 10.4. The van der Waals surface area contributed by atoms with Gasteiger partial charge in [0, 0.05) is 36.4 Å². The van der Waals surface area contributed by atoms with Crippen molar-refractivity contribution >= 4 is 12.1 Å². The summed E-state index contributed by atoms with van der Waals surface area (Å²) in [5.74, 6) is 7.64. The van der Waals surface area contributed by atoms with Crippen molar-refractivity contribution in [3.63, 3.8) is 0 Å². The average Bonchev–Trinajstić information content (AvgIpc) is 2.77. The number of nitrogens with zero attached hydrogens (tertiary/aromatic N) is 1. The lowest BCUT2D eigenvalue weighted by molar-refractivity contribution is -0.105. The Labute approximate surface area is 171 Å². The molecule has 2 aromatic carbocycles. The van der Waals surface area contributed by atoms with E-state index >= 15 is 0 Å². The van der Waals surface area contributed by atoms with E-state index < -0.39 is 0 Å². The van der Waals surface area contributed by atoms with Gasteiger partial charge in [0.1, 0.15) is 0 Å². The highest BCUT2D eigenvalue weighted by atomic mass is 16.5. The number of anilines is 1. The highest BCUT2D eigenvalue weighted by Gasteiger charge is 2.10. The summed E-state index contributed by atoms with van der Waals surface area (Å²) in [6.07, 6.45) is 1.61. The molecule has 0 unspecified atom stereocenters. The largest absolute Gasteiger partial charge is 0.493 e. The zero-order valence-corrected chi connectivity index (χ0v) is 16.6. The molecular weight excluding hydrogens is 368 g/mol.